The van der Waals surface area contributed by atoms with E-state index in [2.05, 4.69) is 5.32 Å². The first-order chi connectivity index (χ1) is 11.3. The van der Waals surface area contributed by atoms with Gasteiger partial charge in [0.1, 0.15) is 18.4 Å². The van der Waals surface area contributed by atoms with E-state index in [9.17, 15) is 4.79 Å². The summed E-state index contributed by atoms with van der Waals surface area (Å²) in [6, 6.07) is 18.5. The van der Waals surface area contributed by atoms with Crippen LogP contribution in [0.3, 0.4) is 0 Å². The van der Waals surface area contributed by atoms with Gasteiger partial charge < -0.3 is 14.2 Å². The number of carbonyl (C=O) groups is 1. The number of morpholine rings is 1. The van der Waals surface area contributed by atoms with Crippen molar-refractivity contribution in [2.75, 3.05) is 13.2 Å². The number of carbonyl (C=O) groups excluding carboxylic acids is 1. The van der Waals surface area contributed by atoms with Crippen LogP contribution in [0.15, 0.2) is 60.7 Å². The molecule has 0 saturated carbocycles. The molecule has 1 saturated heterocycles. The average Bonchev–Trinajstić information content (AvgIpc) is 2.62. The fraction of sp³-hybridized carbons (Fsp3) is 0.278. The summed E-state index contributed by atoms with van der Waals surface area (Å²) in [5, 5.41) is 3.12. The van der Waals surface area contributed by atoms with Crippen LogP contribution in [0.5, 0.6) is 5.75 Å². The normalized spacial score (nSPS) is 20.7. The van der Waals surface area contributed by atoms with Gasteiger partial charge in [-0.15, -0.1) is 0 Å². The second-order valence-corrected chi connectivity index (χ2v) is 5.27. The molecule has 23 heavy (non-hydrogen) atoms. The summed E-state index contributed by atoms with van der Waals surface area (Å²) in [7, 11) is 0. The Hall–Kier alpha value is -2.37. The summed E-state index contributed by atoms with van der Waals surface area (Å²) >= 11 is 0. The van der Waals surface area contributed by atoms with Crippen molar-refractivity contribution in [2.45, 2.75) is 18.9 Å². The highest BCUT2D eigenvalue weighted by molar-refractivity contribution is 5.76. The average molecular weight is 313 g/mol. The van der Waals surface area contributed by atoms with Crippen molar-refractivity contribution in [3.8, 4) is 5.75 Å². The molecule has 0 amide bonds. The molecule has 0 spiro atoms. The minimum absolute atomic E-state index is 0.252. The van der Waals surface area contributed by atoms with E-state index < -0.39 is 6.04 Å². The van der Waals surface area contributed by atoms with E-state index in [-0.39, 0.29) is 25.4 Å². The van der Waals surface area contributed by atoms with Crippen molar-refractivity contribution in [3.63, 3.8) is 0 Å². The molecule has 1 fully saturated rings. The molecule has 5 nitrogen and oxygen atoms in total. The van der Waals surface area contributed by atoms with Crippen LogP contribution in [0, 0.1) is 0 Å². The van der Waals surface area contributed by atoms with Crippen LogP contribution in [0.4, 0.5) is 0 Å². The van der Waals surface area contributed by atoms with Crippen LogP contribution >= 0.6 is 0 Å². The van der Waals surface area contributed by atoms with Gasteiger partial charge in [0, 0.05) is 0 Å². The van der Waals surface area contributed by atoms with Gasteiger partial charge in [-0.25, -0.2) is 0 Å². The Balaban J connectivity index is 1.50. The zero-order chi connectivity index (χ0) is 15.9. The van der Waals surface area contributed by atoms with E-state index in [0.29, 0.717) is 6.61 Å². The van der Waals surface area contributed by atoms with Gasteiger partial charge in [-0.3, -0.25) is 10.1 Å². The van der Waals surface area contributed by atoms with Crippen LogP contribution in [-0.2, 0) is 20.9 Å². The number of esters is 1. The highest BCUT2D eigenvalue weighted by Gasteiger charge is 2.29. The van der Waals surface area contributed by atoms with Gasteiger partial charge in [-0.1, -0.05) is 48.5 Å². The second-order valence-electron chi connectivity index (χ2n) is 5.27. The molecule has 1 aliphatic rings. The molecule has 0 aromatic heterocycles. The maximum absolute atomic E-state index is 12.1. The molecule has 3 rings (SSSR count). The Kier molecular flexibility index (Phi) is 5.24. The Labute approximate surface area is 135 Å². The molecule has 0 bridgehead atoms. The zero-order valence-corrected chi connectivity index (χ0v) is 12.7. The number of benzene rings is 2. The smallest absolute Gasteiger partial charge is 0.325 e. The lowest BCUT2D eigenvalue weighted by atomic mass is 10.2. The lowest BCUT2D eigenvalue weighted by Gasteiger charge is -2.30. The van der Waals surface area contributed by atoms with Gasteiger partial charge in [0.2, 0.25) is 0 Å². The molecule has 2 atom stereocenters. The third-order valence-electron chi connectivity index (χ3n) is 3.47. The van der Waals surface area contributed by atoms with Gasteiger partial charge in [-0.05, 0) is 17.7 Å². The van der Waals surface area contributed by atoms with Crippen LogP contribution < -0.4 is 10.1 Å². The van der Waals surface area contributed by atoms with E-state index in [1.807, 2.05) is 60.7 Å². The topological polar surface area (TPSA) is 56.8 Å². The van der Waals surface area contributed by atoms with E-state index >= 15 is 0 Å². The third kappa shape index (κ3) is 4.55. The number of nitrogens with one attached hydrogen (secondary N) is 1. The number of hydrogen-bond acceptors (Lipinski definition) is 5. The number of para-hydroxylation sites is 1. The first-order valence-electron chi connectivity index (χ1n) is 7.57. The maximum atomic E-state index is 12.1. The lowest BCUT2D eigenvalue weighted by Crippen LogP contribution is -2.55. The summed E-state index contributed by atoms with van der Waals surface area (Å²) in [5.41, 5.74) is 0.953. The van der Waals surface area contributed by atoms with E-state index in [4.69, 9.17) is 14.2 Å². The van der Waals surface area contributed by atoms with E-state index in [1.54, 1.807) is 0 Å². The number of ether oxygens (including phenoxy) is 3. The molecule has 2 aromatic carbocycles. The molecule has 0 radical (unpaired) electrons. The first kappa shape index (κ1) is 15.5. The minimum atomic E-state index is -0.527. The SMILES string of the molecule is O=C(OCc1ccccc1)[C@@H]1COCC(Oc2ccccc2)N1. The summed E-state index contributed by atoms with van der Waals surface area (Å²) < 4.78 is 16.5. The molecule has 1 aliphatic heterocycles. The zero-order valence-electron chi connectivity index (χ0n) is 12.7. The minimum Gasteiger partial charge on any atom is -0.473 e. The van der Waals surface area contributed by atoms with Gasteiger partial charge in [0.25, 0.3) is 0 Å². The number of hydrogen-bond donors (Lipinski definition) is 1. The molecule has 0 aliphatic carbocycles. The number of rotatable bonds is 5. The van der Waals surface area contributed by atoms with Crippen molar-refractivity contribution >= 4 is 5.97 Å². The monoisotopic (exact) mass is 313 g/mol. The maximum Gasteiger partial charge on any atom is 0.325 e. The fourth-order valence-corrected chi connectivity index (χ4v) is 2.31. The largest absolute Gasteiger partial charge is 0.473 e. The summed E-state index contributed by atoms with van der Waals surface area (Å²) in [5.74, 6) is 0.391. The van der Waals surface area contributed by atoms with Crippen LogP contribution in [0.25, 0.3) is 0 Å². The molecule has 1 N–H and O–H groups in total. The highest BCUT2D eigenvalue weighted by atomic mass is 16.6. The predicted molar refractivity (Wildman–Crippen MR) is 84.8 cm³/mol. The van der Waals surface area contributed by atoms with Gasteiger partial charge >= 0.3 is 5.97 Å². The van der Waals surface area contributed by atoms with Crippen molar-refractivity contribution < 1.29 is 19.0 Å². The molecular formula is C18H19NO4. The Morgan fingerprint density at radius 1 is 1.04 bits per heavy atom. The second kappa shape index (κ2) is 7.76. The Morgan fingerprint density at radius 3 is 2.48 bits per heavy atom. The summed E-state index contributed by atoms with van der Waals surface area (Å²) in [6.45, 7) is 0.918. The van der Waals surface area contributed by atoms with Crippen molar-refractivity contribution in [1.82, 2.24) is 5.32 Å². The molecule has 1 unspecified atom stereocenters. The van der Waals surface area contributed by atoms with Crippen LogP contribution in [0.2, 0.25) is 0 Å². The predicted octanol–water partition coefficient (Wildman–Crippen LogP) is 2.12. The standard InChI is InChI=1S/C18H19NO4/c20-18(22-11-14-7-3-1-4-8-14)16-12-21-13-17(19-16)23-15-9-5-2-6-10-15/h1-10,16-17,19H,11-13H2/t16-,17?/m0/s1. The quantitative estimate of drug-likeness (QED) is 0.857. The molecule has 1 heterocycles. The molecular weight excluding hydrogens is 294 g/mol. The van der Waals surface area contributed by atoms with Crippen molar-refractivity contribution in [2.24, 2.45) is 0 Å². The van der Waals surface area contributed by atoms with Gasteiger partial charge in [-0.2, -0.15) is 0 Å². The van der Waals surface area contributed by atoms with E-state index in [0.717, 1.165) is 11.3 Å². The van der Waals surface area contributed by atoms with Crippen molar-refractivity contribution in [3.05, 3.63) is 66.2 Å². The van der Waals surface area contributed by atoms with Gasteiger partial charge in [0.05, 0.1) is 13.2 Å². The Morgan fingerprint density at radius 2 is 1.74 bits per heavy atom. The van der Waals surface area contributed by atoms with Crippen LogP contribution in [0.1, 0.15) is 5.56 Å². The van der Waals surface area contributed by atoms with Gasteiger partial charge in [0.15, 0.2) is 6.23 Å². The Bertz CT molecular complexity index is 617. The molecule has 5 heteroatoms. The molecule has 2 aromatic rings. The third-order valence-corrected chi connectivity index (χ3v) is 3.47. The van der Waals surface area contributed by atoms with Crippen LogP contribution in [-0.4, -0.2) is 31.5 Å². The fourth-order valence-electron chi connectivity index (χ4n) is 2.31. The summed E-state index contributed by atoms with van der Waals surface area (Å²) in [4.78, 5) is 12.1. The molecule has 120 valence electrons. The first-order valence-corrected chi connectivity index (χ1v) is 7.57. The lowest BCUT2D eigenvalue weighted by molar-refractivity contribution is -0.154. The van der Waals surface area contributed by atoms with Crippen molar-refractivity contribution in [1.29, 1.82) is 0 Å². The highest BCUT2D eigenvalue weighted by Crippen LogP contribution is 2.13. The van der Waals surface area contributed by atoms with E-state index in [1.165, 1.54) is 0 Å². The summed E-state index contributed by atoms with van der Waals surface area (Å²) in [6.07, 6.45) is -0.375.